The molecule has 3 rings (SSSR count). The maximum Gasteiger partial charge on any atom is 0.416 e. The molecule has 2 heterocycles. The number of fused-ring (bicyclic) bond motifs is 3. The van der Waals surface area contributed by atoms with Crippen LogP contribution in [0.3, 0.4) is 0 Å². The summed E-state index contributed by atoms with van der Waals surface area (Å²) >= 11 is 0. The van der Waals surface area contributed by atoms with Crippen molar-refractivity contribution in [3.05, 3.63) is 40.7 Å². The molecule has 0 spiro atoms. The van der Waals surface area contributed by atoms with Gasteiger partial charge in [-0.25, -0.2) is 9.31 Å². The molecule has 0 fully saturated rings. The van der Waals surface area contributed by atoms with Crippen LogP contribution >= 0.6 is 0 Å². The topological polar surface area (TPSA) is 94.4 Å². The standard InChI is InChI=1S/C11H5F3N4O3/c12-11(13,14)5-1-2-7-8(3-5)17-9(16-18(7)21)6(4-15-17)10(19)20/h1-4H,(H,19,20). The number of rotatable bonds is 1. The van der Waals surface area contributed by atoms with E-state index in [4.69, 9.17) is 5.11 Å². The predicted octanol–water partition coefficient (Wildman–Crippen LogP) is 1.23. The third-order valence-corrected chi connectivity index (χ3v) is 2.90. The van der Waals surface area contributed by atoms with Crippen LogP contribution < -0.4 is 4.85 Å². The fourth-order valence-corrected chi connectivity index (χ4v) is 1.94. The Morgan fingerprint density at radius 1 is 1.38 bits per heavy atom. The van der Waals surface area contributed by atoms with Crippen LogP contribution in [-0.2, 0) is 6.18 Å². The Morgan fingerprint density at radius 2 is 2.10 bits per heavy atom. The Hall–Kier alpha value is -2.91. The van der Waals surface area contributed by atoms with Crippen molar-refractivity contribution in [1.29, 1.82) is 0 Å². The molecule has 0 unspecified atom stereocenters. The molecular formula is C11H5F3N4O3. The van der Waals surface area contributed by atoms with Crippen LogP contribution in [-0.4, -0.2) is 25.8 Å². The molecule has 0 aliphatic heterocycles. The summed E-state index contributed by atoms with van der Waals surface area (Å²) in [4.78, 5) is 11.0. The Labute approximate surface area is 113 Å². The number of carbonyl (C=O) groups is 1. The average molecular weight is 298 g/mol. The largest absolute Gasteiger partial charge is 0.594 e. The molecule has 1 aromatic carbocycles. The smallest absolute Gasteiger partial charge is 0.416 e. The maximum absolute atomic E-state index is 12.7. The van der Waals surface area contributed by atoms with Crippen LogP contribution in [0.25, 0.3) is 16.7 Å². The SMILES string of the molecule is O=C(O)c1cnn2c1n[n+]([O-])c1ccc(C(F)(F)F)cc12. The lowest BCUT2D eigenvalue weighted by molar-refractivity contribution is -0.640. The first-order valence-electron chi connectivity index (χ1n) is 5.51. The van der Waals surface area contributed by atoms with Gasteiger partial charge in [0.1, 0.15) is 11.1 Å². The van der Waals surface area contributed by atoms with E-state index in [1.165, 1.54) is 0 Å². The van der Waals surface area contributed by atoms with Crippen molar-refractivity contribution in [2.24, 2.45) is 0 Å². The molecule has 10 heteroatoms. The first-order valence-corrected chi connectivity index (χ1v) is 5.51. The summed E-state index contributed by atoms with van der Waals surface area (Å²) in [6.07, 6.45) is -3.68. The van der Waals surface area contributed by atoms with Crippen LogP contribution in [0.2, 0.25) is 0 Å². The normalized spacial score (nSPS) is 12.1. The minimum Gasteiger partial charge on any atom is -0.594 e. The van der Waals surface area contributed by atoms with Gasteiger partial charge in [-0.3, -0.25) is 0 Å². The van der Waals surface area contributed by atoms with E-state index in [9.17, 15) is 23.2 Å². The van der Waals surface area contributed by atoms with Gasteiger partial charge in [0.25, 0.3) is 5.52 Å². The fraction of sp³-hybridized carbons (Fsp3) is 0.0909. The zero-order chi connectivity index (χ0) is 15.4. The first kappa shape index (κ1) is 13.1. The summed E-state index contributed by atoms with van der Waals surface area (Å²) in [5.41, 5.74) is -2.02. The van der Waals surface area contributed by atoms with Crippen molar-refractivity contribution < 1.29 is 27.9 Å². The lowest BCUT2D eigenvalue weighted by atomic mass is 10.2. The van der Waals surface area contributed by atoms with Crippen molar-refractivity contribution in [1.82, 2.24) is 14.7 Å². The third kappa shape index (κ3) is 1.91. The summed E-state index contributed by atoms with van der Waals surface area (Å²) in [6.45, 7) is 0. The van der Waals surface area contributed by atoms with Crippen molar-refractivity contribution in [2.75, 3.05) is 0 Å². The molecule has 1 N–H and O–H groups in total. The van der Waals surface area contributed by atoms with Gasteiger partial charge in [-0.2, -0.15) is 18.3 Å². The molecule has 3 aromatic rings. The third-order valence-electron chi connectivity index (χ3n) is 2.90. The number of carboxylic acid groups (broad SMARTS) is 1. The van der Waals surface area contributed by atoms with Crippen LogP contribution in [0.1, 0.15) is 15.9 Å². The summed E-state index contributed by atoms with van der Waals surface area (Å²) < 4.78 is 39.1. The Kier molecular flexibility index (Phi) is 2.52. The van der Waals surface area contributed by atoms with Gasteiger partial charge in [-0.1, -0.05) is 0 Å². The highest BCUT2D eigenvalue weighted by Gasteiger charge is 2.32. The molecule has 0 aliphatic rings. The molecule has 0 bridgehead atoms. The van der Waals surface area contributed by atoms with Gasteiger partial charge in [0, 0.05) is 11.2 Å². The van der Waals surface area contributed by atoms with E-state index in [2.05, 4.69) is 10.2 Å². The van der Waals surface area contributed by atoms with Crippen molar-refractivity contribution >= 4 is 22.6 Å². The summed E-state index contributed by atoms with van der Waals surface area (Å²) in [5, 5.41) is 27.8. The van der Waals surface area contributed by atoms with Crippen LogP contribution in [0.4, 0.5) is 13.2 Å². The van der Waals surface area contributed by atoms with Gasteiger partial charge in [0.15, 0.2) is 0 Å². The highest BCUT2D eigenvalue weighted by molar-refractivity contribution is 5.94. The lowest BCUT2D eigenvalue weighted by Crippen LogP contribution is -2.33. The Morgan fingerprint density at radius 3 is 2.71 bits per heavy atom. The zero-order valence-corrected chi connectivity index (χ0v) is 10.00. The number of carboxylic acids is 1. The Bertz CT molecular complexity index is 888. The van der Waals surface area contributed by atoms with Gasteiger partial charge in [0.2, 0.25) is 5.65 Å². The number of alkyl halides is 3. The molecule has 108 valence electrons. The lowest BCUT2D eigenvalue weighted by Gasteiger charge is -2.07. The van der Waals surface area contributed by atoms with Gasteiger partial charge in [0.05, 0.1) is 11.8 Å². The van der Waals surface area contributed by atoms with Crippen molar-refractivity contribution in [3.63, 3.8) is 0 Å². The second-order valence-corrected chi connectivity index (χ2v) is 4.17. The van der Waals surface area contributed by atoms with E-state index in [1.54, 1.807) is 0 Å². The van der Waals surface area contributed by atoms with Crippen LogP contribution in [0, 0.1) is 5.21 Å². The number of aromatic nitrogens is 4. The average Bonchev–Trinajstić information content (AvgIpc) is 2.81. The van der Waals surface area contributed by atoms with E-state index in [0.29, 0.717) is 0 Å². The van der Waals surface area contributed by atoms with Crippen LogP contribution in [0.15, 0.2) is 24.4 Å². The fourth-order valence-electron chi connectivity index (χ4n) is 1.94. The molecule has 21 heavy (non-hydrogen) atoms. The van der Waals surface area contributed by atoms with Gasteiger partial charge >= 0.3 is 12.1 Å². The summed E-state index contributed by atoms with van der Waals surface area (Å²) in [6, 6.07) is 2.42. The van der Waals surface area contributed by atoms with E-state index in [1.807, 2.05) is 0 Å². The van der Waals surface area contributed by atoms with Gasteiger partial charge in [-0.15, -0.1) is 0 Å². The molecule has 0 radical (unpaired) electrons. The van der Waals surface area contributed by atoms with Crippen molar-refractivity contribution in [2.45, 2.75) is 6.18 Å². The molecule has 0 saturated carbocycles. The van der Waals surface area contributed by atoms with E-state index < -0.39 is 17.7 Å². The van der Waals surface area contributed by atoms with Gasteiger partial charge < -0.3 is 10.3 Å². The monoisotopic (exact) mass is 298 g/mol. The molecule has 0 saturated heterocycles. The highest BCUT2D eigenvalue weighted by atomic mass is 19.4. The predicted molar refractivity (Wildman–Crippen MR) is 61.4 cm³/mol. The minimum absolute atomic E-state index is 0.0684. The minimum atomic E-state index is -4.60. The van der Waals surface area contributed by atoms with E-state index in [-0.39, 0.29) is 27.1 Å². The number of benzene rings is 1. The summed E-state index contributed by atoms with van der Waals surface area (Å²) in [5.74, 6) is -1.39. The van der Waals surface area contributed by atoms with E-state index >= 15 is 0 Å². The number of nitrogens with zero attached hydrogens (tertiary/aromatic N) is 4. The Balaban J connectivity index is 2.44. The molecule has 7 nitrogen and oxygen atoms in total. The number of hydrogen-bond acceptors (Lipinski definition) is 4. The first-order chi connectivity index (χ1) is 9.79. The maximum atomic E-state index is 12.7. The second kappa shape index (κ2) is 4.04. The number of aromatic carboxylic acids is 1. The number of halogens is 3. The number of hydrogen-bond donors (Lipinski definition) is 1. The van der Waals surface area contributed by atoms with Gasteiger partial charge in [-0.05, 0) is 17.0 Å². The molecule has 0 amide bonds. The quantitative estimate of drug-likeness (QED) is 0.538. The molecular weight excluding hydrogens is 293 g/mol. The molecule has 2 aromatic heterocycles. The second-order valence-electron chi connectivity index (χ2n) is 4.17. The van der Waals surface area contributed by atoms with E-state index in [0.717, 1.165) is 28.9 Å². The van der Waals surface area contributed by atoms with Crippen LogP contribution in [0.5, 0.6) is 0 Å². The van der Waals surface area contributed by atoms with Crippen molar-refractivity contribution in [3.8, 4) is 0 Å². The summed E-state index contributed by atoms with van der Waals surface area (Å²) in [7, 11) is 0. The molecule has 0 aliphatic carbocycles. The molecule has 0 atom stereocenters. The zero-order valence-electron chi connectivity index (χ0n) is 10.00. The highest BCUT2D eigenvalue weighted by Crippen LogP contribution is 2.30.